The van der Waals surface area contributed by atoms with Crippen molar-refractivity contribution in [2.24, 2.45) is 5.92 Å². The summed E-state index contributed by atoms with van der Waals surface area (Å²) in [6, 6.07) is 2.57. The summed E-state index contributed by atoms with van der Waals surface area (Å²) in [5, 5.41) is 2.60. The number of sulfone groups is 1. The van der Waals surface area contributed by atoms with Gasteiger partial charge in [-0.25, -0.2) is 22.0 Å². The molecule has 0 aliphatic carbocycles. The SMILES string of the molecule is C[C@H]1CN(C(=O)N[C@H](C)c2cccc(F)c2F)CCS(=O)(=O)C1. The van der Waals surface area contributed by atoms with Crippen LogP contribution >= 0.6 is 0 Å². The highest BCUT2D eigenvalue weighted by Gasteiger charge is 2.28. The molecular formula is C15H20F2N2O3S. The molecule has 0 aromatic heterocycles. The van der Waals surface area contributed by atoms with E-state index in [1.165, 1.54) is 17.0 Å². The molecule has 2 amide bonds. The van der Waals surface area contributed by atoms with Crippen molar-refractivity contribution in [1.82, 2.24) is 10.2 Å². The van der Waals surface area contributed by atoms with Gasteiger partial charge in [-0.3, -0.25) is 0 Å². The monoisotopic (exact) mass is 346 g/mol. The van der Waals surface area contributed by atoms with Crippen LogP contribution in [0.4, 0.5) is 13.6 Å². The lowest BCUT2D eigenvalue weighted by atomic mass is 10.1. The smallest absolute Gasteiger partial charge is 0.317 e. The van der Waals surface area contributed by atoms with E-state index in [0.717, 1.165) is 6.07 Å². The molecule has 1 saturated heterocycles. The summed E-state index contributed by atoms with van der Waals surface area (Å²) in [5.74, 6) is -2.18. The second kappa shape index (κ2) is 6.82. The Hall–Kier alpha value is -1.70. The Labute approximate surface area is 134 Å². The largest absolute Gasteiger partial charge is 0.331 e. The molecule has 1 heterocycles. The van der Waals surface area contributed by atoms with Crippen LogP contribution in [0, 0.1) is 17.6 Å². The highest BCUT2D eigenvalue weighted by atomic mass is 32.2. The highest BCUT2D eigenvalue weighted by Crippen LogP contribution is 2.19. The molecule has 8 heteroatoms. The first-order valence-electron chi connectivity index (χ1n) is 7.39. The Balaban J connectivity index is 2.07. The third-order valence-corrected chi connectivity index (χ3v) is 5.70. The number of urea groups is 1. The van der Waals surface area contributed by atoms with Crippen LogP contribution in [0.25, 0.3) is 0 Å². The van der Waals surface area contributed by atoms with Crippen molar-refractivity contribution in [1.29, 1.82) is 0 Å². The van der Waals surface area contributed by atoms with Gasteiger partial charge >= 0.3 is 6.03 Å². The highest BCUT2D eigenvalue weighted by molar-refractivity contribution is 7.91. The molecule has 2 atom stereocenters. The first-order valence-corrected chi connectivity index (χ1v) is 9.21. The van der Waals surface area contributed by atoms with Gasteiger partial charge in [-0.15, -0.1) is 0 Å². The molecule has 1 aromatic rings. The van der Waals surface area contributed by atoms with Gasteiger partial charge in [-0.05, 0) is 18.9 Å². The Morgan fingerprint density at radius 2 is 2.09 bits per heavy atom. The molecule has 1 aliphatic rings. The number of benzene rings is 1. The van der Waals surface area contributed by atoms with E-state index >= 15 is 0 Å². The van der Waals surface area contributed by atoms with Crippen molar-refractivity contribution < 1.29 is 22.0 Å². The fourth-order valence-electron chi connectivity index (χ4n) is 2.68. The molecule has 1 fully saturated rings. The van der Waals surface area contributed by atoms with Gasteiger partial charge in [0.25, 0.3) is 0 Å². The molecular weight excluding hydrogens is 326 g/mol. The maximum absolute atomic E-state index is 13.8. The van der Waals surface area contributed by atoms with Gasteiger partial charge in [0.05, 0.1) is 17.5 Å². The minimum Gasteiger partial charge on any atom is -0.331 e. The van der Waals surface area contributed by atoms with Crippen LogP contribution < -0.4 is 5.32 Å². The third-order valence-electron chi connectivity index (χ3n) is 3.82. The van der Waals surface area contributed by atoms with E-state index in [-0.39, 0.29) is 29.5 Å². The topological polar surface area (TPSA) is 66.5 Å². The number of nitrogens with one attached hydrogen (secondary N) is 1. The number of nitrogens with zero attached hydrogens (tertiary/aromatic N) is 1. The van der Waals surface area contributed by atoms with Crippen molar-refractivity contribution in [2.75, 3.05) is 24.6 Å². The first-order chi connectivity index (χ1) is 10.7. The lowest BCUT2D eigenvalue weighted by molar-refractivity contribution is 0.192. The van der Waals surface area contributed by atoms with Crippen LogP contribution in [0.15, 0.2) is 18.2 Å². The summed E-state index contributed by atoms with van der Waals surface area (Å²) in [5.41, 5.74) is 0.0499. The molecule has 128 valence electrons. The summed E-state index contributed by atoms with van der Waals surface area (Å²) in [6.07, 6.45) is 0. The van der Waals surface area contributed by atoms with Gasteiger partial charge in [0.15, 0.2) is 21.5 Å². The molecule has 0 radical (unpaired) electrons. The molecule has 2 rings (SSSR count). The average Bonchev–Trinajstić information content (AvgIpc) is 2.58. The molecule has 0 unspecified atom stereocenters. The second-order valence-corrected chi connectivity index (χ2v) is 8.21. The van der Waals surface area contributed by atoms with E-state index in [1.807, 2.05) is 0 Å². The number of halogens is 2. The summed E-state index contributed by atoms with van der Waals surface area (Å²) in [6.45, 7) is 3.72. The first kappa shape index (κ1) is 17.7. The van der Waals surface area contributed by atoms with Crippen LogP contribution in [-0.4, -0.2) is 43.9 Å². The minimum atomic E-state index is -3.16. The molecule has 5 nitrogen and oxygen atoms in total. The van der Waals surface area contributed by atoms with E-state index in [1.54, 1.807) is 13.8 Å². The van der Waals surface area contributed by atoms with E-state index in [4.69, 9.17) is 0 Å². The van der Waals surface area contributed by atoms with E-state index in [2.05, 4.69) is 5.32 Å². The Morgan fingerprint density at radius 1 is 1.39 bits per heavy atom. The van der Waals surface area contributed by atoms with Crippen molar-refractivity contribution in [2.45, 2.75) is 19.9 Å². The fraction of sp³-hybridized carbons (Fsp3) is 0.533. The zero-order valence-electron chi connectivity index (χ0n) is 13.1. The summed E-state index contributed by atoms with van der Waals surface area (Å²) < 4.78 is 50.5. The van der Waals surface area contributed by atoms with Crippen LogP contribution in [0.2, 0.25) is 0 Å². The van der Waals surface area contributed by atoms with Gasteiger partial charge < -0.3 is 10.2 Å². The quantitative estimate of drug-likeness (QED) is 0.892. The Kier molecular flexibility index (Phi) is 5.23. The average molecular weight is 346 g/mol. The van der Waals surface area contributed by atoms with Crippen molar-refractivity contribution in [3.63, 3.8) is 0 Å². The maximum Gasteiger partial charge on any atom is 0.317 e. The lowest BCUT2D eigenvalue weighted by Crippen LogP contribution is -2.43. The van der Waals surface area contributed by atoms with Gasteiger partial charge in [0.1, 0.15) is 0 Å². The van der Waals surface area contributed by atoms with Crippen LogP contribution in [-0.2, 0) is 9.84 Å². The van der Waals surface area contributed by atoms with Gasteiger partial charge in [0, 0.05) is 18.7 Å². The predicted molar refractivity (Wildman–Crippen MR) is 82.7 cm³/mol. The molecule has 0 spiro atoms. The second-order valence-electron chi connectivity index (χ2n) is 5.98. The van der Waals surface area contributed by atoms with Crippen molar-refractivity contribution >= 4 is 15.9 Å². The standard InChI is InChI=1S/C15H20F2N2O3S/c1-10-8-19(6-7-23(21,22)9-10)15(20)18-11(2)12-4-3-5-13(16)14(12)17/h3-5,10-11H,6-9H2,1-2H3,(H,18,20)/t10-,11+/m0/s1. The predicted octanol–water partition coefficient (Wildman–Crippen LogP) is 2.10. The zero-order chi connectivity index (χ0) is 17.2. The van der Waals surface area contributed by atoms with Gasteiger partial charge in [0.2, 0.25) is 0 Å². The number of rotatable bonds is 2. The zero-order valence-corrected chi connectivity index (χ0v) is 13.9. The Morgan fingerprint density at radius 3 is 2.78 bits per heavy atom. The number of hydrogen-bond donors (Lipinski definition) is 1. The van der Waals surface area contributed by atoms with Gasteiger partial charge in [-0.2, -0.15) is 0 Å². The number of hydrogen-bond acceptors (Lipinski definition) is 3. The molecule has 1 aromatic carbocycles. The molecule has 1 aliphatic heterocycles. The molecule has 23 heavy (non-hydrogen) atoms. The summed E-state index contributed by atoms with van der Waals surface area (Å²) >= 11 is 0. The van der Waals surface area contributed by atoms with Gasteiger partial charge in [-0.1, -0.05) is 19.1 Å². The number of carbonyl (C=O) groups is 1. The molecule has 0 bridgehead atoms. The van der Waals surface area contributed by atoms with E-state index in [9.17, 15) is 22.0 Å². The van der Waals surface area contributed by atoms with Crippen LogP contribution in [0.1, 0.15) is 25.5 Å². The number of amides is 2. The third kappa shape index (κ3) is 4.40. The number of carbonyl (C=O) groups excluding carboxylic acids is 1. The molecule has 0 saturated carbocycles. The maximum atomic E-state index is 13.8. The minimum absolute atomic E-state index is 0.0465. The summed E-state index contributed by atoms with van der Waals surface area (Å²) in [7, 11) is -3.16. The van der Waals surface area contributed by atoms with Crippen molar-refractivity contribution in [3.05, 3.63) is 35.4 Å². The fourth-order valence-corrected chi connectivity index (χ4v) is 4.32. The van der Waals surface area contributed by atoms with E-state index in [0.29, 0.717) is 6.54 Å². The lowest BCUT2D eigenvalue weighted by Gasteiger charge is -2.25. The van der Waals surface area contributed by atoms with Crippen LogP contribution in [0.3, 0.4) is 0 Å². The van der Waals surface area contributed by atoms with Crippen molar-refractivity contribution in [3.8, 4) is 0 Å². The summed E-state index contributed by atoms with van der Waals surface area (Å²) in [4.78, 5) is 13.7. The van der Waals surface area contributed by atoms with Crippen LogP contribution in [0.5, 0.6) is 0 Å². The normalized spacial score (nSPS) is 22.3. The van der Waals surface area contributed by atoms with E-state index < -0.39 is 33.5 Å². The Bertz CT molecular complexity index is 694. The molecule has 1 N–H and O–H groups in total.